The maximum atomic E-state index is 11.8. The Balaban J connectivity index is 1.74. The number of aromatic nitrogens is 4. The third kappa shape index (κ3) is 3.34. The van der Waals surface area contributed by atoms with Gasteiger partial charge in [0.2, 0.25) is 4.77 Å². The van der Waals surface area contributed by atoms with Crippen LogP contribution >= 0.6 is 12.2 Å². The highest BCUT2D eigenvalue weighted by molar-refractivity contribution is 7.71. The van der Waals surface area contributed by atoms with Crippen molar-refractivity contribution in [1.82, 2.24) is 24.1 Å². The van der Waals surface area contributed by atoms with Crippen LogP contribution in [-0.4, -0.2) is 49.7 Å². The first kappa shape index (κ1) is 17.0. The Morgan fingerprint density at radius 2 is 2.04 bits per heavy atom. The summed E-state index contributed by atoms with van der Waals surface area (Å²) < 4.78 is 9.59. The normalized spacial score (nSPS) is 16.6. The van der Waals surface area contributed by atoms with Gasteiger partial charge in [-0.1, -0.05) is 0 Å². The van der Waals surface area contributed by atoms with Gasteiger partial charge >= 0.3 is 5.97 Å². The third-order valence-corrected chi connectivity index (χ3v) is 4.72. The molecule has 0 saturated carbocycles. The minimum atomic E-state index is -0.0703. The number of ether oxygens (including phenoxy) is 1. The summed E-state index contributed by atoms with van der Waals surface area (Å²) in [6, 6.07) is 2.02. The van der Waals surface area contributed by atoms with Gasteiger partial charge in [-0.05, 0) is 51.9 Å². The summed E-state index contributed by atoms with van der Waals surface area (Å²) in [5, 5.41) is 0. The van der Waals surface area contributed by atoms with E-state index in [4.69, 9.17) is 17.0 Å². The third-order valence-electron chi connectivity index (χ3n) is 4.42. The van der Waals surface area contributed by atoms with E-state index in [0.29, 0.717) is 23.8 Å². The van der Waals surface area contributed by atoms with Crippen LogP contribution in [-0.2, 0) is 16.2 Å². The van der Waals surface area contributed by atoms with Crippen LogP contribution in [0.3, 0.4) is 0 Å². The van der Waals surface area contributed by atoms with Crippen molar-refractivity contribution in [1.29, 1.82) is 0 Å². The molecule has 8 heteroatoms. The molecule has 2 aromatic heterocycles. The molecule has 3 heterocycles. The second kappa shape index (κ2) is 6.98. The molecule has 0 radical (unpaired) electrons. The number of rotatable bonds is 4. The first-order valence-corrected chi connectivity index (χ1v) is 8.73. The van der Waals surface area contributed by atoms with E-state index in [1.807, 2.05) is 36.0 Å². The van der Waals surface area contributed by atoms with Crippen LogP contribution in [0.1, 0.15) is 31.2 Å². The lowest BCUT2D eigenvalue weighted by atomic mass is 9.97. The van der Waals surface area contributed by atoms with Gasteiger partial charge in [0.05, 0.1) is 19.2 Å². The van der Waals surface area contributed by atoms with Gasteiger partial charge in [-0.15, -0.1) is 0 Å². The molecular weight excluding hydrogens is 326 g/mol. The molecular formula is C16H23N5O2S. The number of hydrogen-bond acceptors (Lipinski definition) is 6. The predicted octanol–water partition coefficient (Wildman–Crippen LogP) is 2.11. The summed E-state index contributed by atoms with van der Waals surface area (Å²) in [4.78, 5) is 23.0. The van der Waals surface area contributed by atoms with Crippen LogP contribution in [0, 0.1) is 24.5 Å². The number of nitrogens with zero attached hydrogens (tertiary/aromatic N) is 5. The summed E-state index contributed by atoms with van der Waals surface area (Å²) in [7, 11) is 0. The van der Waals surface area contributed by atoms with E-state index in [1.165, 1.54) is 0 Å². The van der Waals surface area contributed by atoms with E-state index in [1.54, 1.807) is 0 Å². The highest BCUT2D eigenvalue weighted by Crippen LogP contribution is 2.19. The Hall–Kier alpha value is -1.80. The van der Waals surface area contributed by atoms with Gasteiger partial charge in [-0.2, -0.15) is 4.98 Å². The highest BCUT2D eigenvalue weighted by Gasteiger charge is 2.26. The van der Waals surface area contributed by atoms with Gasteiger partial charge in [0.15, 0.2) is 0 Å². The van der Waals surface area contributed by atoms with Gasteiger partial charge in [-0.25, -0.2) is 14.2 Å². The number of fused-ring (bicyclic) bond motifs is 1. The molecule has 0 amide bonds. The first-order valence-electron chi connectivity index (χ1n) is 8.32. The molecule has 0 aliphatic carbocycles. The van der Waals surface area contributed by atoms with Crippen molar-refractivity contribution in [2.75, 3.05) is 19.7 Å². The molecule has 0 unspecified atom stereocenters. The predicted molar refractivity (Wildman–Crippen MR) is 92.2 cm³/mol. The van der Waals surface area contributed by atoms with E-state index in [9.17, 15) is 4.79 Å². The molecule has 1 aliphatic heterocycles. The van der Waals surface area contributed by atoms with Crippen LogP contribution in [0.2, 0.25) is 0 Å². The number of carbonyl (C=O) groups excluding carboxylic acids is 1. The van der Waals surface area contributed by atoms with Gasteiger partial charge in [0.1, 0.15) is 0 Å². The fourth-order valence-corrected chi connectivity index (χ4v) is 3.46. The summed E-state index contributed by atoms with van der Waals surface area (Å²) in [6.07, 6.45) is 1.64. The Kier molecular flexibility index (Phi) is 4.96. The fourth-order valence-electron chi connectivity index (χ4n) is 3.24. The Morgan fingerprint density at radius 3 is 2.71 bits per heavy atom. The molecule has 0 aromatic carbocycles. The SMILES string of the molecule is CCOC(=O)C1CCN(Cn2c(=S)nc3nc(C)cc(C)n32)CC1. The number of carbonyl (C=O) groups is 1. The van der Waals surface area contributed by atoms with Crippen molar-refractivity contribution in [3.05, 3.63) is 22.2 Å². The first-order chi connectivity index (χ1) is 11.5. The number of likely N-dealkylation sites (tertiary alicyclic amines) is 1. The summed E-state index contributed by atoms with van der Waals surface area (Å²) in [6.45, 7) is 8.62. The number of piperidine rings is 1. The molecule has 1 fully saturated rings. The number of hydrogen-bond donors (Lipinski definition) is 0. The van der Waals surface area contributed by atoms with Crippen molar-refractivity contribution in [2.45, 2.75) is 40.3 Å². The van der Waals surface area contributed by atoms with E-state index < -0.39 is 0 Å². The van der Waals surface area contributed by atoms with E-state index in [2.05, 4.69) is 14.9 Å². The Labute approximate surface area is 146 Å². The van der Waals surface area contributed by atoms with Crippen LogP contribution in [0.25, 0.3) is 5.78 Å². The second-order valence-corrected chi connectivity index (χ2v) is 6.60. The fraction of sp³-hybridized carbons (Fsp3) is 0.625. The zero-order chi connectivity index (χ0) is 17.3. The molecule has 0 atom stereocenters. The molecule has 2 aromatic rings. The molecule has 24 heavy (non-hydrogen) atoms. The molecule has 1 saturated heterocycles. The molecule has 0 N–H and O–H groups in total. The molecule has 130 valence electrons. The topological polar surface area (TPSA) is 64.7 Å². The van der Waals surface area contributed by atoms with Crippen molar-refractivity contribution in [3.8, 4) is 0 Å². The monoisotopic (exact) mass is 349 g/mol. The smallest absolute Gasteiger partial charge is 0.309 e. The number of esters is 1. The largest absolute Gasteiger partial charge is 0.466 e. The molecule has 3 rings (SSSR count). The van der Waals surface area contributed by atoms with E-state index in [-0.39, 0.29) is 11.9 Å². The van der Waals surface area contributed by atoms with Crippen molar-refractivity contribution in [3.63, 3.8) is 0 Å². The Morgan fingerprint density at radius 1 is 1.33 bits per heavy atom. The zero-order valence-corrected chi connectivity index (χ0v) is 15.2. The lowest BCUT2D eigenvalue weighted by Gasteiger charge is -2.31. The zero-order valence-electron chi connectivity index (χ0n) is 14.4. The van der Waals surface area contributed by atoms with E-state index >= 15 is 0 Å². The van der Waals surface area contributed by atoms with Crippen LogP contribution in [0.5, 0.6) is 0 Å². The quantitative estimate of drug-likeness (QED) is 0.622. The van der Waals surface area contributed by atoms with Crippen LogP contribution in [0.4, 0.5) is 0 Å². The van der Waals surface area contributed by atoms with Crippen LogP contribution < -0.4 is 0 Å². The van der Waals surface area contributed by atoms with Crippen molar-refractivity contribution >= 4 is 24.0 Å². The molecule has 0 bridgehead atoms. The maximum Gasteiger partial charge on any atom is 0.309 e. The molecule has 1 aliphatic rings. The van der Waals surface area contributed by atoms with Gasteiger partial charge < -0.3 is 4.74 Å². The highest BCUT2D eigenvalue weighted by atomic mass is 32.1. The maximum absolute atomic E-state index is 11.8. The second-order valence-electron chi connectivity index (χ2n) is 6.23. The minimum absolute atomic E-state index is 0.0161. The minimum Gasteiger partial charge on any atom is -0.466 e. The van der Waals surface area contributed by atoms with E-state index in [0.717, 1.165) is 37.3 Å². The lowest BCUT2D eigenvalue weighted by molar-refractivity contribution is -0.149. The Bertz CT molecular complexity index is 805. The van der Waals surface area contributed by atoms with Gasteiger partial charge in [0, 0.05) is 24.5 Å². The average Bonchev–Trinajstić information content (AvgIpc) is 2.84. The summed E-state index contributed by atoms with van der Waals surface area (Å²) in [5.41, 5.74) is 1.99. The van der Waals surface area contributed by atoms with Crippen LogP contribution in [0.15, 0.2) is 6.07 Å². The number of aryl methyl sites for hydroxylation is 2. The van der Waals surface area contributed by atoms with Gasteiger partial charge in [-0.3, -0.25) is 9.69 Å². The van der Waals surface area contributed by atoms with Crippen molar-refractivity contribution in [2.24, 2.45) is 5.92 Å². The summed E-state index contributed by atoms with van der Waals surface area (Å²) in [5.74, 6) is 0.584. The molecule has 7 nitrogen and oxygen atoms in total. The van der Waals surface area contributed by atoms with Gasteiger partial charge in [0.25, 0.3) is 5.78 Å². The standard InChI is InChI=1S/C16H23N5O2S/c1-4-23-14(22)13-5-7-19(8-6-13)10-20-16(24)18-15-17-11(2)9-12(3)21(15)20/h9,13H,4-8,10H2,1-3H3. The lowest BCUT2D eigenvalue weighted by Crippen LogP contribution is -2.38. The summed E-state index contributed by atoms with van der Waals surface area (Å²) >= 11 is 5.41. The average molecular weight is 349 g/mol. The van der Waals surface area contributed by atoms with Crippen molar-refractivity contribution < 1.29 is 9.53 Å². The molecule has 0 spiro atoms.